The van der Waals surface area contributed by atoms with Crippen molar-refractivity contribution < 1.29 is 14.7 Å². The highest BCUT2D eigenvalue weighted by molar-refractivity contribution is 5.97. The van der Waals surface area contributed by atoms with E-state index >= 15 is 0 Å². The van der Waals surface area contributed by atoms with Crippen LogP contribution in [0.4, 0.5) is 0 Å². The van der Waals surface area contributed by atoms with E-state index in [-0.39, 0.29) is 31.1 Å². The predicted octanol–water partition coefficient (Wildman–Crippen LogP) is 3.12. The van der Waals surface area contributed by atoms with Crippen molar-refractivity contribution in [2.24, 2.45) is 0 Å². The molecule has 0 bridgehead atoms. The summed E-state index contributed by atoms with van der Waals surface area (Å²) in [4.78, 5) is 23.9. The average Bonchev–Trinajstić information content (AvgIpc) is 2.58. The minimum atomic E-state index is -0.748. The van der Waals surface area contributed by atoms with Crippen molar-refractivity contribution in [3.8, 4) is 0 Å². The molecule has 0 saturated heterocycles. The molecule has 4 heteroatoms. The SMILES string of the molecule is Cc1ccc(C(=O)CCC(=O)NCC(O)c2ccc(C)cc2)cc1. The molecule has 0 spiro atoms. The molecule has 0 fully saturated rings. The first kappa shape index (κ1) is 17.9. The topological polar surface area (TPSA) is 66.4 Å². The number of carbonyl (C=O) groups is 2. The lowest BCUT2D eigenvalue weighted by Crippen LogP contribution is -2.28. The summed E-state index contributed by atoms with van der Waals surface area (Å²) in [6.07, 6.45) is -0.467. The first-order valence-electron chi connectivity index (χ1n) is 8.07. The Morgan fingerprint density at radius 2 is 1.46 bits per heavy atom. The normalized spacial score (nSPS) is 11.8. The lowest BCUT2D eigenvalue weighted by Gasteiger charge is -2.12. The summed E-state index contributed by atoms with van der Waals surface area (Å²) in [6.45, 7) is 4.07. The maximum Gasteiger partial charge on any atom is 0.220 e. The summed E-state index contributed by atoms with van der Waals surface area (Å²) in [6, 6.07) is 14.8. The quantitative estimate of drug-likeness (QED) is 0.769. The van der Waals surface area contributed by atoms with Crippen LogP contribution in [0.5, 0.6) is 0 Å². The first-order chi connectivity index (χ1) is 11.5. The lowest BCUT2D eigenvalue weighted by molar-refractivity contribution is -0.121. The molecule has 2 aromatic rings. The molecule has 4 nitrogen and oxygen atoms in total. The van der Waals surface area contributed by atoms with Crippen LogP contribution < -0.4 is 5.32 Å². The maximum absolute atomic E-state index is 12.0. The van der Waals surface area contributed by atoms with E-state index in [0.717, 1.165) is 16.7 Å². The summed E-state index contributed by atoms with van der Waals surface area (Å²) in [7, 11) is 0. The zero-order valence-corrected chi connectivity index (χ0v) is 14.1. The second kappa shape index (κ2) is 8.41. The van der Waals surface area contributed by atoms with Gasteiger partial charge in [0.2, 0.25) is 5.91 Å². The highest BCUT2D eigenvalue weighted by Gasteiger charge is 2.12. The van der Waals surface area contributed by atoms with Gasteiger partial charge in [0.05, 0.1) is 6.10 Å². The number of Topliss-reactive ketones (excluding diaryl/α,β-unsaturated/α-hetero) is 1. The molecule has 0 saturated carbocycles. The maximum atomic E-state index is 12.0. The number of carbonyl (C=O) groups excluding carboxylic acids is 2. The lowest BCUT2D eigenvalue weighted by atomic mass is 10.0. The molecule has 1 amide bonds. The molecule has 1 atom stereocenters. The molecule has 2 aromatic carbocycles. The van der Waals surface area contributed by atoms with Crippen LogP contribution in [0.25, 0.3) is 0 Å². The van der Waals surface area contributed by atoms with Gasteiger partial charge in [-0.25, -0.2) is 0 Å². The van der Waals surface area contributed by atoms with E-state index < -0.39 is 6.10 Å². The minimum Gasteiger partial charge on any atom is -0.387 e. The first-order valence-corrected chi connectivity index (χ1v) is 8.07. The number of aliphatic hydroxyl groups excluding tert-OH is 1. The Morgan fingerprint density at radius 1 is 0.917 bits per heavy atom. The Bertz CT molecular complexity index is 690. The number of rotatable bonds is 7. The third-order valence-electron chi connectivity index (χ3n) is 3.91. The highest BCUT2D eigenvalue weighted by Crippen LogP contribution is 2.13. The molecule has 0 aliphatic rings. The number of ketones is 1. The monoisotopic (exact) mass is 325 g/mol. The summed E-state index contributed by atoms with van der Waals surface area (Å²) < 4.78 is 0. The summed E-state index contributed by atoms with van der Waals surface area (Å²) >= 11 is 0. The van der Waals surface area contributed by atoms with Crippen molar-refractivity contribution in [2.75, 3.05) is 6.54 Å². The molecular weight excluding hydrogens is 302 g/mol. The van der Waals surface area contributed by atoms with Gasteiger partial charge in [0.25, 0.3) is 0 Å². The van der Waals surface area contributed by atoms with Crippen LogP contribution in [0, 0.1) is 13.8 Å². The van der Waals surface area contributed by atoms with Crippen LogP contribution in [0.3, 0.4) is 0 Å². The number of hydrogen-bond acceptors (Lipinski definition) is 3. The van der Waals surface area contributed by atoms with Crippen molar-refractivity contribution in [3.05, 3.63) is 70.8 Å². The number of benzene rings is 2. The molecule has 2 N–H and O–H groups in total. The standard InChI is InChI=1S/C20H23NO3/c1-14-3-7-16(8-4-14)18(22)11-12-20(24)21-13-19(23)17-9-5-15(2)6-10-17/h3-10,19,23H,11-13H2,1-2H3,(H,21,24). The molecule has 24 heavy (non-hydrogen) atoms. The van der Waals surface area contributed by atoms with Gasteiger partial charge < -0.3 is 10.4 Å². The number of aliphatic hydroxyl groups is 1. The minimum absolute atomic E-state index is 0.0516. The van der Waals surface area contributed by atoms with Gasteiger partial charge in [0.15, 0.2) is 5.78 Å². The molecule has 0 radical (unpaired) electrons. The average molecular weight is 325 g/mol. The zero-order valence-electron chi connectivity index (χ0n) is 14.1. The Balaban J connectivity index is 1.75. The van der Waals surface area contributed by atoms with Gasteiger partial charge in [-0.05, 0) is 19.4 Å². The van der Waals surface area contributed by atoms with E-state index in [1.165, 1.54) is 0 Å². The summed E-state index contributed by atoms with van der Waals surface area (Å²) in [5, 5.41) is 12.7. The molecular formula is C20H23NO3. The van der Waals surface area contributed by atoms with E-state index in [4.69, 9.17) is 0 Å². The molecule has 2 rings (SSSR count). The van der Waals surface area contributed by atoms with Crippen LogP contribution in [-0.2, 0) is 4.79 Å². The molecule has 0 heterocycles. The second-order valence-electron chi connectivity index (χ2n) is 6.02. The number of aryl methyl sites for hydroxylation is 2. The molecule has 0 aliphatic carbocycles. The fourth-order valence-electron chi connectivity index (χ4n) is 2.32. The van der Waals surface area contributed by atoms with Gasteiger partial charge in [-0.1, -0.05) is 59.7 Å². The van der Waals surface area contributed by atoms with Crippen LogP contribution in [0.2, 0.25) is 0 Å². The summed E-state index contributed by atoms with van der Waals surface area (Å²) in [5.41, 5.74) is 3.59. The zero-order chi connectivity index (χ0) is 17.5. The largest absolute Gasteiger partial charge is 0.387 e. The number of hydrogen-bond donors (Lipinski definition) is 2. The van der Waals surface area contributed by atoms with Crippen molar-refractivity contribution in [3.63, 3.8) is 0 Å². The second-order valence-corrected chi connectivity index (χ2v) is 6.02. The van der Waals surface area contributed by atoms with E-state index in [1.807, 2.05) is 50.2 Å². The third-order valence-corrected chi connectivity index (χ3v) is 3.91. The molecule has 1 unspecified atom stereocenters. The smallest absolute Gasteiger partial charge is 0.220 e. The third kappa shape index (κ3) is 5.32. The fraction of sp³-hybridized carbons (Fsp3) is 0.300. The van der Waals surface area contributed by atoms with Crippen LogP contribution in [0.1, 0.15) is 46.0 Å². The van der Waals surface area contributed by atoms with Gasteiger partial charge >= 0.3 is 0 Å². The number of amides is 1. The Kier molecular flexibility index (Phi) is 6.27. The van der Waals surface area contributed by atoms with E-state index in [0.29, 0.717) is 5.56 Å². The van der Waals surface area contributed by atoms with Gasteiger partial charge in [-0.3, -0.25) is 9.59 Å². The molecule has 0 aromatic heterocycles. The van der Waals surface area contributed by atoms with Gasteiger partial charge in [-0.15, -0.1) is 0 Å². The van der Waals surface area contributed by atoms with Gasteiger partial charge in [0, 0.05) is 24.9 Å². The Labute approximate surface area is 142 Å². The Morgan fingerprint density at radius 3 is 2.04 bits per heavy atom. The van der Waals surface area contributed by atoms with E-state index in [2.05, 4.69) is 5.32 Å². The molecule has 126 valence electrons. The van der Waals surface area contributed by atoms with E-state index in [9.17, 15) is 14.7 Å². The van der Waals surface area contributed by atoms with Crippen molar-refractivity contribution in [2.45, 2.75) is 32.8 Å². The van der Waals surface area contributed by atoms with Gasteiger partial charge in [0.1, 0.15) is 0 Å². The van der Waals surface area contributed by atoms with Crippen molar-refractivity contribution >= 4 is 11.7 Å². The van der Waals surface area contributed by atoms with Gasteiger partial charge in [-0.2, -0.15) is 0 Å². The highest BCUT2D eigenvalue weighted by atomic mass is 16.3. The van der Waals surface area contributed by atoms with Crippen LogP contribution in [0.15, 0.2) is 48.5 Å². The predicted molar refractivity (Wildman–Crippen MR) is 93.9 cm³/mol. The summed E-state index contributed by atoms with van der Waals surface area (Å²) in [5.74, 6) is -0.286. The van der Waals surface area contributed by atoms with Crippen molar-refractivity contribution in [1.29, 1.82) is 0 Å². The Hall–Kier alpha value is -2.46. The molecule has 0 aliphatic heterocycles. The van der Waals surface area contributed by atoms with E-state index in [1.54, 1.807) is 12.1 Å². The fourth-order valence-corrected chi connectivity index (χ4v) is 2.32. The van der Waals surface area contributed by atoms with Crippen molar-refractivity contribution in [1.82, 2.24) is 5.32 Å². The van der Waals surface area contributed by atoms with Crippen LogP contribution in [-0.4, -0.2) is 23.3 Å². The van der Waals surface area contributed by atoms with Crippen LogP contribution >= 0.6 is 0 Å². The number of nitrogens with one attached hydrogen (secondary N) is 1.